The van der Waals surface area contributed by atoms with Gasteiger partial charge >= 0.3 is 5.63 Å². The molecule has 6 heteroatoms. The van der Waals surface area contributed by atoms with Crippen LogP contribution in [-0.2, 0) is 7.05 Å². The van der Waals surface area contributed by atoms with E-state index in [-0.39, 0.29) is 5.63 Å². The number of aromatic nitrogens is 3. The summed E-state index contributed by atoms with van der Waals surface area (Å²) in [6.07, 6.45) is 0. The Labute approximate surface area is 179 Å². The molecule has 3 heterocycles. The van der Waals surface area contributed by atoms with E-state index in [0.717, 1.165) is 51.8 Å². The quantitative estimate of drug-likeness (QED) is 0.305. The smallest absolute Gasteiger partial charge is 0.346 e. The lowest BCUT2D eigenvalue weighted by Crippen LogP contribution is -2.21. The summed E-state index contributed by atoms with van der Waals surface area (Å²) >= 11 is 0. The highest BCUT2D eigenvalue weighted by atomic mass is 16.4. The molecule has 0 aliphatic carbocycles. The second kappa shape index (κ2) is 7.23. The van der Waals surface area contributed by atoms with Crippen LogP contribution in [-0.4, -0.2) is 27.9 Å². The summed E-state index contributed by atoms with van der Waals surface area (Å²) in [4.78, 5) is 20.0. The van der Waals surface area contributed by atoms with Crippen molar-refractivity contribution >= 4 is 38.5 Å². The van der Waals surface area contributed by atoms with Gasteiger partial charge in [0.25, 0.3) is 0 Å². The molecule has 3 aromatic heterocycles. The fourth-order valence-corrected chi connectivity index (χ4v) is 4.45. The minimum atomic E-state index is -0.367. The Balaban J connectivity index is 1.97. The van der Waals surface area contributed by atoms with Gasteiger partial charge in [-0.2, -0.15) is 5.10 Å². The van der Waals surface area contributed by atoms with E-state index in [1.807, 2.05) is 50.4 Å². The Bertz CT molecular complexity index is 1500. The van der Waals surface area contributed by atoms with Crippen molar-refractivity contribution in [3.63, 3.8) is 0 Å². The third-order valence-corrected chi connectivity index (χ3v) is 5.97. The molecule has 0 bridgehead atoms. The average Bonchev–Trinajstić information content (AvgIpc) is 3.11. The monoisotopic (exact) mass is 412 g/mol. The Morgan fingerprint density at radius 2 is 1.74 bits per heavy atom. The van der Waals surface area contributed by atoms with Gasteiger partial charge in [-0.1, -0.05) is 30.3 Å². The number of rotatable bonds is 4. The average molecular weight is 412 g/mol. The zero-order valence-corrected chi connectivity index (χ0v) is 18.1. The van der Waals surface area contributed by atoms with Gasteiger partial charge in [-0.3, -0.25) is 0 Å². The second-order valence-electron chi connectivity index (χ2n) is 7.73. The van der Waals surface area contributed by atoms with Crippen molar-refractivity contribution < 1.29 is 4.42 Å². The molecule has 2 aromatic carbocycles. The molecule has 5 rings (SSSR count). The lowest BCUT2D eigenvalue weighted by Gasteiger charge is -2.21. The number of benzene rings is 2. The van der Waals surface area contributed by atoms with Gasteiger partial charge < -0.3 is 9.32 Å². The van der Waals surface area contributed by atoms with Crippen LogP contribution < -0.4 is 10.5 Å². The topological polar surface area (TPSA) is 64.2 Å². The van der Waals surface area contributed by atoms with Crippen LogP contribution in [0.1, 0.15) is 19.5 Å². The first-order valence-electron chi connectivity index (χ1n) is 10.6. The van der Waals surface area contributed by atoms with Crippen LogP contribution >= 0.6 is 0 Å². The maximum Gasteiger partial charge on any atom is 0.346 e. The third kappa shape index (κ3) is 2.90. The molecule has 0 aliphatic rings. The first-order valence-corrected chi connectivity index (χ1v) is 10.6. The lowest BCUT2D eigenvalue weighted by atomic mass is 10.00. The third-order valence-electron chi connectivity index (χ3n) is 5.97. The number of fused-ring (bicyclic) bond motifs is 5. The minimum Gasteiger partial charge on any atom is -0.422 e. The fourth-order valence-electron chi connectivity index (χ4n) is 4.45. The summed E-state index contributed by atoms with van der Waals surface area (Å²) in [5.74, 6) is 0. The summed E-state index contributed by atoms with van der Waals surface area (Å²) < 4.78 is 7.57. The molecule has 0 radical (unpaired) electrons. The normalized spacial score (nSPS) is 11.6. The van der Waals surface area contributed by atoms with E-state index in [1.54, 1.807) is 4.68 Å². The van der Waals surface area contributed by atoms with Crippen LogP contribution in [0.5, 0.6) is 0 Å². The van der Waals surface area contributed by atoms with Crippen molar-refractivity contribution in [3.8, 4) is 11.3 Å². The van der Waals surface area contributed by atoms with Crippen LogP contribution in [0, 0.1) is 6.92 Å². The van der Waals surface area contributed by atoms with Gasteiger partial charge in [0.1, 0.15) is 11.3 Å². The number of anilines is 1. The molecular formula is C25H24N4O2. The van der Waals surface area contributed by atoms with E-state index < -0.39 is 0 Å². The van der Waals surface area contributed by atoms with E-state index in [1.165, 1.54) is 0 Å². The molecule has 0 N–H and O–H groups in total. The number of hydrogen-bond donors (Lipinski definition) is 0. The highest BCUT2D eigenvalue weighted by Crippen LogP contribution is 2.37. The van der Waals surface area contributed by atoms with Crippen molar-refractivity contribution in [2.75, 3.05) is 18.0 Å². The molecule has 5 aromatic rings. The zero-order valence-electron chi connectivity index (χ0n) is 18.1. The number of pyridine rings is 1. The molecule has 6 nitrogen and oxygen atoms in total. The predicted octanol–water partition coefficient (Wildman–Crippen LogP) is 5.05. The second-order valence-corrected chi connectivity index (χ2v) is 7.73. The number of hydrogen-bond acceptors (Lipinski definition) is 5. The van der Waals surface area contributed by atoms with E-state index in [2.05, 4.69) is 30.9 Å². The minimum absolute atomic E-state index is 0.367. The summed E-state index contributed by atoms with van der Waals surface area (Å²) in [6.45, 7) is 7.85. The molecule has 0 amide bonds. The van der Waals surface area contributed by atoms with Crippen molar-refractivity contribution in [2.24, 2.45) is 7.05 Å². The largest absolute Gasteiger partial charge is 0.422 e. The summed E-state index contributed by atoms with van der Waals surface area (Å²) in [6, 6.07) is 16.1. The Morgan fingerprint density at radius 3 is 2.45 bits per heavy atom. The van der Waals surface area contributed by atoms with Crippen LogP contribution in [0.15, 0.2) is 57.7 Å². The molecule has 0 saturated heterocycles. The molecule has 0 aliphatic heterocycles. The van der Waals surface area contributed by atoms with Gasteiger partial charge in [0, 0.05) is 48.2 Å². The highest BCUT2D eigenvalue weighted by Gasteiger charge is 2.21. The molecular weight excluding hydrogens is 388 g/mol. The van der Waals surface area contributed by atoms with Crippen LogP contribution in [0.4, 0.5) is 5.69 Å². The molecule has 0 atom stereocenters. The molecule has 0 saturated carbocycles. The Kier molecular flexibility index (Phi) is 4.50. The van der Waals surface area contributed by atoms with Gasteiger partial charge in [0.05, 0.1) is 16.5 Å². The molecule has 0 unspecified atom stereocenters. The van der Waals surface area contributed by atoms with Crippen molar-refractivity contribution in [1.29, 1.82) is 0 Å². The van der Waals surface area contributed by atoms with Gasteiger partial charge in [-0.25, -0.2) is 14.5 Å². The van der Waals surface area contributed by atoms with Crippen LogP contribution in [0.25, 0.3) is 44.0 Å². The summed E-state index contributed by atoms with van der Waals surface area (Å²) in [7, 11) is 1.89. The van der Waals surface area contributed by atoms with Crippen LogP contribution in [0.2, 0.25) is 0 Å². The maximum atomic E-state index is 13.1. The standard InChI is InChI=1S/C25H24N4O2/c1-5-29(6-2)17-12-13-18-19(14-17)31-25(30)20-15(3)26-24-22(21(18)20)23(27-28(24)4)16-10-8-7-9-11-16/h7-14H,5-6H2,1-4H3. The summed E-state index contributed by atoms with van der Waals surface area (Å²) in [5, 5.41) is 7.91. The molecule has 0 fully saturated rings. The molecule has 156 valence electrons. The Hall–Kier alpha value is -3.67. The number of nitrogens with zero attached hydrogens (tertiary/aromatic N) is 4. The first kappa shape index (κ1) is 19.3. The highest BCUT2D eigenvalue weighted by molar-refractivity contribution is 6.21. The first-order chi connectivity index (χ1) is 15.0. The fraction of sp³-hybridized carbons (Fsp3) is 0.240. The van der Waals surface area contributed by atoms with Gasteiger partial charge in [-0.05, 0) is 32.9 Å². The van der Waals surface area contributed by atoms with Crippen molar-refractivity contribution in [1.82, 2.24) is 14.8 Å². The van der Waals surface area contributed by atoms with Crippen molar-refractivity contribution in [2.45, 2.75) is 20.8 Å². The summed E-state index contributed by atoms with van der Waals surface area (Å²) in [5.41, 5.74) is 4.45. The zero-order chi connectivity index (χ0) is 21.7. The van der Waals surface area contributed by atoms with E-state index in [9.17, 15) is 4.79 Å². The maximum absolute atomic E-state index is 13.1. The van der Waals surface area contributed by atoms with E-state index in [0.29, 0.717) is 16.7 Å². The number of aryl methyl sites for hydroxylation is 2. The lowest BCUT2D eigenvalue weighted by molar-refractivity contribution is 0.569. The Morgan fingerprint density at radius 1 is 1.00 bits per heavy atom. The molecule has 0 spiro atoms. The van der Waals surface area contributed by atoms with Crippen molar-refractivity contribution in [3.05, 3.63) is 64.6 Å². The van der Waals surface area contributed by atoms with E-state index >= 15 is 0 Å². The van der Waals surface area contributed by atoms with E-state index in [4.69, 9.17) is 14.5 Å². The SMILES string of the molecule is CCN(CC)c1ccc2c(c1)oc(=O)c1c(C)nc3c(c(-c4ccccc4)nn3C)c12. The van der Waals surface area contributed by atoms with Gasteiger partial charge in [0.15, 0.2) is 5.65 Å². The van der Waals surface area contributed by atoms with Crippen LogP contribution in [0.3, 0.4) is 0 Å². The van der Waals surface area contributed by atoms with Gasteiger partial charge in [0.2, 0.25) is 0 Å². The van der Waals surface area contributed by atoms with Gasteiger partial charge in [-0.15, -0.1) is 0 Å². The molecule has 31 heavy (non-hydrogen) atoms. The predicted molar refractivity (Wildman–Crippen MR) is 126 cm³/mol.